The molecule has 0 amide bonds. The van der Waals surface area contributed by atoms with Crippen molar-refractivity contribution in [3.63, 3.8) is 0 Å². The van der Waals surface area contributed by atoms with Crippen LogP contribution in [0.25, 0.3) is 20.4 Å². The van der Waals surface area contributed by atoms with Gasteiger partial charge in [-0.15, -0.1) is 0 Å². The van der Waals surface area contributed by atoms with Gasteiger partial charge in [-0.25, -0.2) is 0 Å². The van der Waals surface area contributed by atoms with Gasteiger partial charge < -0.3 is 0 Å². The number of carbonyl (C=O) groups excluding carboxylic acids is 1. The zero-order valence-electron chi connectivity index (χ0n) is 18.7. The number of nitrogens with zero attached hydrogens (tertiary/aromatic N) is 1. The molecule has 0 saturated heterocycles. The summed E-state index contributed by atoms with van der Waals surface area (Å²) in [4.78, 5) is 28.6. The molecule has 6 heteroatoms. The van der Waals surface area contributed by atoms with Crippen LogP contribution >= 0.6 is 22.7 Å². The fourth-order valence-electron chi connectivity index (χ4n) is 3.80. The number of hydrogen-bond acceptors (Lipinski definition) is 3. The first-order valence-corrected chi connectivity index (χ1v) is 32.2. The van der Waals surface area contributed by atoms with E-state index < -0.39 is 36.8 Å². The average Bonchev–Trinajstić information content (AvgIpc) is 3.22. The first-order valence-electron chi connectivity index (χ1n) is 10.6. The van der Waals surface area contributed by atoms with Gasteiger partial charge in [0.05, 0.1) is 0 Å². The van der Waals surface area contributed by atoms with Gasteiger partial charge in [0.15, 0.2) is 0 Å². The maximum absolute atomic E-state index is 13.7. The normalized spacial score (nSPS) is 13.3. The van der Waals surface area contributed by atoms with Gasteiger partial charge >= 0.3 is 188 Å². The van der Waals surface area contributed by atoms with E-state index in [9.17, 15) is 4.79 Å². The number of aromatic nitrogens is 1. The number of carbonyl (C=O) groups is 1. The molecule has 0 aliphatic carbocycles. The Kier molecular flexibility index (Phi) is 7.06. The van der Waals surface area contributed by atoms with Crippen molar-refractivity contribution >= 4 is 91.6 Å². The van der Waals surface area contributed by atoms with Gasteiger partial charge in [-0.3, -0.25) is 0 Å². The molecule has 3 rings (SSSR count). The molecule has 154 valence electrons. The molecule has 3 aromatic rings. The topological polar surface area (TPSA) is 22.0 Å². The van der Waals surface area contributed by atoms with E-state index in [2.05, 4.69) is 60.2 Å². The number of thiophene rings is 2. The van der Waals surface area contributed by atoms with Crippen molar-refractivity contribution < 1.29 is 4.79 Å². The first kappa shape index (κ1) is 23.1. The zero-order valence-corrected chi connectivity index (χ0v) is 26.1. The summed E-state index contributed by atoms with van der Waals surface area (Å²) < 4.78 is 8.06. The molecule has 0 bridgehead atoms. The van der Waals surface area contributed by atoms with Crippen LogP contribution in [0.5, 0.6) is 0 Å². The van der Waals surface area contributed by atoms with Crippen LogP contribution in [0.15, 0.2) is 12.1 Å². The fourth-order valence-corrected chi connectivity index (χ4v) is 16.6. The van der Waals surface area contributed by atoms with Crippen molar-refractivity contribution in [2.24, 2.45) is 5.92 Å². The Labute approximate surface area is 186 Å². The second-order valence-corrected chi connectivity index (χ2v) is 43.0. The third-order valence-corrected chi connectivity index (χ3v) is 26.7. The van der Waals surface area contributed by atoms with Gasteiger partial charge in [-0.2, -0.15) is 0 Å². The van der Waals surface area contributed by atoms with E-state index >= 15 is 0 Å². The van der Waals surface area contributed by atoms with Crippen LogP contribution in [-0.2, 0) is 0 Å². The summed E-state index contributed by atoms with van der Waals surface area (Å²) in [6.45, 7) is 4.40. The molecule has 0 aliphatic rings. The summed E-state index contributed by atoms with van der Waals surface area (Å²) in [5.41, 5.74) is 2.40. The Balaban J connectivity index is 2.28. The van der Waals surface area contributed by atoms with Gasteiger partial charge in [0, 0.05) is 0 Å². The van der Waals surface area contributed by atoms with E-state index in [4.69, 9.17) is 0 Å². The minimum absolute atomic E-state index is 0.150. The Hall–Kier alpha value is 0.467. The molecular weight excluding hydrogens is 596 g/mol. The van der Waals surface area contributed by atoms with Crippen LogP contribution < -0.4 is 5.79 Å². The average molecular weight is 631 g/mol. The third-order valence-electron chi connectivity index (χ3n) is 5.44. The molecule has 0 atom stereocenters. The molecule has 0 radical (unpaired) electrons. The predicted molar refractivity (Wildman–Crippen MR) is 135 cm³/mol. The molecular formula is C22H35NOS2Sn2. The fraction of sp³-hybridized carbons (Fsp3) is 0.591. The molecule has 0 N–H and O–H groups in total. The van der Waals surface area contributed by atoms with Gasteiger partial charge in [0.2, 0.25) is 0 Å². The van der Waals surface area contributed by atoms with Crippen LogP contribution in [0.4, 0.5) is 0 Å². The van der Waals surface area contributed by atoms with Crippen molar-refractivity contribution in [2.75, 3.05) is 0 Å². The Morgan fingerprint density at radius 2 is 1.25 bits per heavy atom. The van der Waals surface area contributed by atoms with Gasteiger partial charge in [0.1, 0.15) is 0 Å². The van der Waals surface area contributed by atoms with Gasteiger partial charge in [0.25, 0.3) is 0 Å². The molecule has 0 unspecified atom stereocenters. The van der Waals surface area contributed by atoms with Crippen LogP contribution in [0.3, 0.4) is 0 Å². The van der Waals surface area contributed by atoms with Crippen LogP contribution in [0.1, 0.15) is 44.3 Å². The maximum atomic E-state index is 13.7. The molecule has 3 heterocycles. The minimum atomic E-state index is -2.17. The predicted octanol–water partition coefficient (Wildman–Crippen LogP) is 6.86. The van der Waals surface area contributed by atoms with E-state index in [1.807, 2.05) is 22.7 Å². The van der Waals surface area contributed by atoms with E-state index in [0.29, 0.717) is 5.91 Å². The zero-order chi connectivity index (χ0) is 20.9. The van der Waals surface area contributed by atoms with E-state index in [-0.39, 0.29) is 5.92 Å². The number of fused-ring (bicyclic) bond motifs is 3. The second-order valence-electron chi connectivity index (χ2n) is 10.1. The molecule has 0 spiro atoms. The first-order chi connectivity index (χ1) is 13.0. The molecule has 0 aliphatic heterocycles. The van der Waals surface area contributed by atoms with Crippen molar-refractivity contribution in [3.05, 3.63) is 12.1 Å². The quantitative estimate of drug-likeness (QED) is 0.262. The second kappa shape index (κ2) is 8.54. The van der Waals surface area contributed by atoms with E-state index in [1.54, 1.807) is 5.79 Å². The third kappa shape index (κ3) is 4.40. The van der Waals surface area contributed by atoms with E-state index in [0.717, 1.165) is 25.7 Å². The van der Waals surface area contributed by atoms with Crippen LogP contribution in [0, 0.1) is 5.92 Å². The summed E-state index contributed by atoms with van der Waals surface area (Å²) in [6.07, 6.45) is 4.15. The van der Waals surface area contributed by atoms with E-state index in [1.165, 1.54) is 20.4 Å². The molecule has 2 nitrogen and oxygen atoms in total. The molecule has 0 fully saturated rings. The molecule has 3 aromatic heterocycles. The SMILES string of the molecule is CCCC(CCC)C(=O)n1c2c[c]([Sn]([CH3])([CH3])[CH3])sc2c2s[c]([Sn]([CH3])([CH3])[CH3])cc21. The van der Waals surface area contributed by atoms with Crippen molar-refractivity contribution in [3.8, 4) is 0 Å². The van der Waals surface area contributed by atoms with Gasteiger partial charge in [-0.05, 0) is 0 Å². The van der Waals surface area contributed by atoms with Crippen LogP contribution in [-0.4, -0.2) is 47.2 Å². The van der Waals surface area contributed by atoms with Crippen molar-refractivity contribution in [2.45, 2.75) is 69.2 Å². The molecule has 28 heavy (non-hydrogen) atoms. The monoisotopic (exact) mass is 633 g/mol. The summed E-state index contributed by atoms with van der Waals surface area (Å²) in [6, 6.07) is 4.77. The van der Waals surface area contributed by atoms with Crippen molar-refractivity contribution in [1.82, 2.24) is 4.57 Å². The summed E-state index contributed by atoms with van der Waals surface area (Å²) in [5, 5.41) is 0. The van der Waals surface area contributed by atoms with Crippen LogP contribution in [0.2, 0.25) is 29.6 Å². The van der Waals surface area contributed by atoms with Gasteiger partial charge in [-0.1, -0.05) is 0 Å². The molecule has 0 aromatic carbocycles. The summed E-state index contributed by atoms with van der Waals surface area (Å²) in [5.74, 6) is 0.488. The Morgan fingerprint density at radius 1 is 0.857 bits per heavy atom. The summed E-state index contributed by atoms with van der Waals surface area (Å²) >= 11 is -0.373. The summed E-state index contributed by atoms with van der Waals surface area (Å²) in [7, 11) is 0. The number of hydrogen-bond donors (Lipinski definition) is 0. The van der Waals surface area contributed by atoms with Crippen molar-refractivity contribution in [1.29, 1.82) is 0 Å². The standard InChI is InChI=1S/C16H17NOS2.6CH3.2Sn/c1-3-5-11(6-4-2)16(18)17-12-7-9-19-14(12)15-13(17)8-10-20-15;;;;;;;;/h7-8,11H,3-6H2,1-2H3;6*1H3;;. The molecule has 0 saturated carbocycles. The number of rotatable bonds is 7. The Morgan fingerprint density at radius 3 is 1.57 bits per heavy atom. The Bertz CT molecular complexity index is 926.